The molecule has 4 aliphatic carbocycles. The fourth-order valence-corrected chi connectivity index (χ4v) is 12.4. The molecule has 0 saturated carbocycles. The number of nitrogens with zero attached hydrogens (tertiary/aromatic N) is 12. The van der Waals surface area contributed by atoms with Crippen LogP contribution in [0.1, 0.15) is 94.6 Å². The summed E-state index contributed by atoms with van der Waals surface area (Å²) in [5.41, 5.74) is 26.6. The Balaban J connectivity index is 1.48. The zero-order valence-corrected chi connectivity index (χ0v) is 37.2. The number of benzene rings is 4. The van der Waals surface area contributed by atoms with Gasteiger partial charge in [-0.25, -0.2) is 0 Å². The van der Waals surface area contributed by atoms with Crippen LogP contribution in [0, 0.1) is 0 Å². The molecule has 0 aliphatic heterocycles. The quantitative estimate of drug-likeness (QED) is 0.0290. The van der Waals surface area contributed by atoms with Crippen LogP contribution in [0.2, 0.25) is 0 Å². The normalized spacial score (nSPS) is 18.5. The number of hydrogen-bond donors (Lipinski definition) is 4. The summed E-state index contributed by atoms with van der Waals surface area (Å²) in [6, 6.07) is 8.29. The minimum Gasteiger partial charge on any atom is -0.504 e. The Bertz CT molecular complexity index is 3710. The van der Waals surface area contributed by atoms with Crippen LogP contribution in [0.3, 0.4) is 0 Å². The maximum absolute atomic E-state index is 15.0. The van der Waals surface area contributed by atoms with Gasteiger partial charge in [0.15, 0.2) is 23.0 Å². The van der Waals surface area contributed by atoms with E-state index in [9.17, 15) is 78.6 Å². The molecule has 0 radical (unpaired) electrons. The van der Waals surface area contributed by atoms with Gasteiger partial charge < -0.3 is 28.8 Å². The summed E-state index contributed by atoms with van der Waals surface area (Å²) < 4.78 is 70.9. The smallest absolute Gasteiger partial charge is 0.340 e. The number of carbonyl (C=O) groups is 4. The summed E-state index contributed by atoms with van der Waals surface area (Å²) in [6.45, 7) is 6.59. The monoisotopic (exact) mass is 976 g/mol. The van der Waals surface area contributed by atoms with Gasteiger partial charge in [-0.05, 0) is 69.1 Å². The molecule has 0 heterocycles. The third kappa shape index (κ3) is 6.71. The molecule has 0 bridgehead atoms. The first-order valence-electron chi connectivity index (χ1n) is 19.6. The highest BCUT2D eigenvalue weighted by Gasteiger charge is 2.60. The van der Waals surface area contributed by atoms with Crippen molar-refractivity contribution in [3.8, 4) is 34.5 Å². The lowest BCUT2D eigenvalue weighted by Crippen LogP contribution is -2.28. The van der Waals surface area contributed by atoms with E-state index in [4.69, 9.17) is 8.37 Å². The molecule has 348 valence electrons. The Labute approximate surface area is 386 Å². The van der Waals surface area contributed by atoms with Gasteiger partial charge in [0.1, 0.15) is 21.2 Å². The number of azide groups is 4. The number of carbonyl (C=O) groups excluding carboxylic acids is 4. The average Bonchev–Trinajstić information content (AvgIpc) is 3.63. The molecule has 8 rings (SSSR count). The van der Waals surface area contributed by atoms with Crippen LogP contribution in [-0.2, 0) is 46.1 Å². The summed E-state index contributed by atoms with van der Waals surface area (Å²) in [5, 5.41) is 58.9. The van der Waals surface area contributed by atoms with Gasteiger partial charge in [0.2, 0.25) is 34.6 Å². The molecule has 4 aromatic rings. The molecule has 1 unspecified atom stereocenters. The molecule has 26 nitrogen and oxygen atoms in total. The number of hydrogen-bond acceptors (Lipinski definition) is 18. The third-order valence-corrected chi connectivity index (χ3v) is 14.7. The van der Waals surface area contributed by atoms with E-state index in [0.717, 1.165) is 42.5 Å². The predicted octanol–water partition coefficient (Wildman–Crippen LogP) is 8.35. The van der Waals surface area contributed by atoms with Gasteiger partial charge >= 0.3 is 20.2 Å². The fraction of sp³-hybridized carbons (Fsp3) is 0.220. The van der Waals surface area contributed by atoms with Crippen molar-refractivity contribution in [2.24, 2.45) is 20.5 Å². The van der Waals surface area contributed by atoms with Crippen molar-refractivity contribution in [1.82, 2.24) is 0 Å². The Morgan fingerprint density at radius 1 is 0.565 bits per heavy atom. The molecule has 4 aromatic carbocycles. The van der Waals surface area contributed by atoms with Gasteiger partial charge in [0, 0.05) is 69.8 Å². The van der Waals surface area contributed by atoms with Crippen molar-refractivity contribution in [2.75, 3.05) is 0 Å². The minimum absolute atomic E-state index is 0.0247. The van der Waals surface area contributed by atoms with Gasteiger partial charge in [-0.1, -0.05) is 84.6 Å². The largest absolute Gasteiger partial charge is 0.504 e. The lowest BCUT2D eigenvalue weighted by Gasteiger charge is -2.31. The van der Waals surface area contributed by atoms with Crippen LogP contribution in [0.15, 0.2) is 80.4 Å². The number of allylic oxidation sites excluding steroid dienone is 2. The molecule has 4 aliphatic rings. The SMILES string of the molecule is CC1(C)CC2(CC(C)(C)c3cc(OS(=O)(=O)C4=C(N=[N+]=[N-])C(=O)C(=O)c5cccc(N=[N+]=[N-])c54)c(OS(=O)(=O)C4=C(N=[N+]=[N-])C(=O)C(=O)c5cccc(N=[N+]=[N-])c54)c(O)c32)c2c1cc(O)c(O)c2O. The Hall–Kier alpha value is -9.02. The second kappa shape index (κ2) is 15.5. The summed E-state index contributed by atoms with van der Waals surface area (Å²) >= 11 is 0. The van der Waals surface area contributed by atoms with Crippen molar-refractivity contribution >= 4 is 64.6 Å². The third-order valence-electron chi connectivity index (χ3n) is 12.2. The van der Waals surface area contributed by atoms with Crippen LogP contribution < -0.4 is 8.37 Å². The Morgan fingerprint density at radius 2 is 0.986 bits per heavy atom. The first-order valence-corrected chi connectivity index (χ1v) is 22.4. The molecule has 1 spiro atoms. The van der Waals surface area contributed by atoms with Crippen LogP contribution in [-0.4, -0.2) is 60.4 Å². The zero-order chi connectivity index (χ0) is 50.5. The van der Waals surface area contributed by atoms with Gasteiger partial charge in [0.25, 0.3) is 0 Å². The lowest BCUT2D eigenvalue weighted by atomic mass is 9.72. The summed E-state index contributed by atoms with van der Waals surface area (Å²) in [6.07, 6.45) is -0.180. The van der Waals surface area contributed by atoms with E-state index in [1.54, 1.807) is 27.7 Å². The molecule has 0 saturated heterocycles. The fourth-order valence-electron chi connectivity index (χ4n) is 9.86. The van der Waals surface area contributed by atoms with Crippen molar-refractivity contribution in [3.05, 3.63) is 146 Å². The number of rotatable bonds is 10. The van der Waals surface area contributed by atoms with Crippen LogP contribution in [0.25, 0.3) is 51.6 Å². The highest BCUT2D eigenvalue weighted by Crippen LogP contribution is 2.69. The zero-order valence-electron chi connectivity index (χ0n) is 35.6. The van der Waals surface area contributed by atoms with E-state index >= 15 is 0 Å². The molecular formula is C41H28N12O14S2. The van der Waals surface area contributed by atoms with E-state index in [0.29, 0.717) is 0 Å². The van der Waals surface area contributed by atoms with E-state index < -0.39 is 149 Å². The van der Waals surface area contributed by atoms with Crippen LogP contribution >= 0.6 is 0 Å². The standard InChI is InChI=1S/C41H28N12O14S2/c1-39(2)13-41(25-17(39)11-21(54)31(57)32(25)58)14-40(3,4)18-12-22(66-68(62,63)37-23-15(7-5-9-19(23)46-50-42)29(55)34(60)27(37)48-52-44)36(33(59)26(18)41)67-69(64,65)38-24-16(8-6-10-20(24)47-51-43)30(56)35(61)28(38)49-53-45/h5-12,54,57-59H,13-14H2,1-4H3. The van der Waals surface area contributed by atoms with Crippen molar-refractivity contribution in [3.63, 3.8) is 0 Å². The average molecular weight is 977 g/mol. The Kier molecular flexibility index (Phi) is 10.5. The maximum atomic E-state index is 15.0. The van der Waals surface area contributed by atoms with Crippen molar-refractivity contribution in [2.45, 2.75) is 56.8 Å². The lowest BCUT2D eigenvalue weighted by molar-refractivity contribution is -0.112. The molecule has 1 atom stereocenters. The topological polar surface area (TPSA) is 431 Å². The number of fused-ring (bicyclic) bond motifs is 6. The van der Waals surface area contributed by atoms with Gasteiger partial charge in [-0.2, -0.15) is 16.8 Å². The van der Waals surface area contributed by atoms with E-state index in [-0.39, 0.29) is 35.1 Å². The number of phenols is 4. The van der Waals surface area contributed by atoms with Gasteiger partial charge in [0.05, 0.1) is 0 Å². The molecule has 4 N–H and O–H groups in total. The number of Topliss-reactive ketones (excluding diaryl/α,β-unsaturated/α-hetero) is 4. The van der Waals surface area contributed by atoms with E-state index in [2.05, 4.69) is 40.1 Å². The predicted molar refractivity (Wildman–Crippen MR) is 236 cm³/mol. The number of phenolic OH excluding ortho intramolecular Hbond substituents is 4. The summed E-state index contributed by atoms with van der Waals surface area (Å²) in [7, 11) is -11.8. The Morgan fingerprint density at radius 3 is 1.43 bits per heavy atom. The molecule has 0 aromatic heterocycles. The molecule has 28 heteroatoms. The summed E-state index contributed by atoms with van der Waals surface area (Å²) in [5.74, 6) is -12.7. The number of ketones is 4. The van der Waals surface area contributed by atoms with Gasteiger partial charge in [-0.15, -0.1) is 0 Å². The second-order valence-electron chi connectivity index (χ2n) is 17.1. The van der Waals surface area contributed by atoms with Crippen LogP contribution in [0.4, 0.5) is 11.4 Å². The molecule has 69 heavy (non-hydrogen) atoms. The second-order valence-corrected chi connectivity index (χ2v) is 20.1. The molecule has 0 fully saturated rings. The van der Waals surface area contributed by atoms with Gasteiger partial charge in [-0.3, -0.25) is 19.2 Å². The first kappa shape index (κ1) is 46.5. The first-order chi connectivity index (χ1) is 32.3. The molecular weight excluding hydrogens is 949 g/mol. The molecule has 0 amide bonds. The van der Waals surface area contributed by atoms with Crippen LogP contribution in [0.5, 0.6) is 34.5 Å². The maximum Gasteiger partial charge on any atom is 0.340 e. The number of aromatic hydroxyl groups is 4. The van der Waals surface area contributed by atoms with Crippen molar-refractivity contribution < 1.29 is 64.8 Å². The highest BCUT2D eigenvalue weighted by atomic mass is 32.2. The summed E-state index contributed by atoms with van der Waals surface area (Å²) in [4.78, 5) is 60.9. The van der Waals surface area contributed by atoms with E-state index in [1.165, 1.54) is 6.07 Å². The highest BCUT2D eigenvalue weighted by molar-refractivity contribution is 7.97. The van der Waals surface area contributed by atoms with E-state index in [1.807, 2.05) is 0 Å². The minimum atomic E-state index is -5.96. The van der Waals surface area contributed by atoms with Crippen molar-refractivity contribution in [1.29, 1.82) is 0 Å².